The molecule has 1 aromatic rings. The molecular formula is C17H25N3O4S. The van der Waals surface area contributed by atoms with Gasteiger partial charge in [0.05, 0.1) is 4.90 Å². The predicted octanol–water partition coefficient (Wildman–Crippen LogP) is 1.39. The highest BCUT2D eigenvalue weighted by atomic mass is 32.2. The summed E-state index contributed by atoms with van der Waals surface area (Å²) in [6.45, 7) is 9.17. The lowest BCUT2D eigenvalue weighted by Gasteiger charge is -2.60. The lowest BCUT2D eigenvalue weighted by atomic mass is 9.73. The van der Waals surface area contributed by atoms with Crippen molar-refractivity contribution in [3.8, 4) is 0 Å². The number of carbonyl (C=O) groups is 1. The zero-order valence-electron chi connectivity index (χ0n) is 14.9. The average molecular weight is 367 g/mol. The number of primary sulfonamides is 1. The van der Waals surface area contributed by atoms with Crippen LogP contribution in [-0.4, -0.2) is 56.1 Å². The van der Waals surface area contributed by atoms with Crippen molar-refractivity contribution in [2.75, 3.05) is 26.2 Å². The summed E-state index contributed by atoms with van der Waals surface area (Å²) in [4.78, 5) is 16.1. The minimum absolute atomic E-state index is 0.118. The highest BCUT2D eigenvalue weighted by Gasteiger charge is 2.53. The summed E-state index contributed by atoms with van der Waals surface area (Å²) in [6.07, 6.45) is -0.267. The summed E-state index contributed by atoms with van der Waals surface area (Å²) < 4.78 is 28.7. The van der Waals surface area contributed by atoms with Gasteiger partial charge in [0, 0.05) is 38.1 Å². The molecule has 2 heterocycles. The fourth-order valence-electron chi connectivity index (χ4n) is 3.59. The van der Waals surface area contributed by atoms with Gasteiger partial charge in [0.25, 0.3) is 0 Å². The van der Waals surface area contributed by atoms with E-state index in [4.69, 9.17) is 9.88 Å². The average Bonchev–Trinajstić information content (AvgIpc) is 2.37. The van der Waals surface area contributed by atoms with Crippen molar-refractivity contribution < 1.29 is 17.9 Å². The first kappa shape index (κ1) is 18.2. The Morgan fingerprint density at radius 1 is 1.20 bits per heavy atom. The van der Waals surface area contributed by atoms with Gasteiger partial charge in [-0.1, -0.05) is 18.2 Å². The van der Waals surface area contributed by atoms with Crippen LogP contribution in [0.3, 0.4) is 0 Å². The van der Waals surface area contributed by atoms with Crippen LogP contribution in [0, 0.1) is 5.41 Å². The lowest BCUT2D eigenvalue weighted by Crippen LogP contribution is -2.72. The first-order valence-corrected chi connectivity index (χ1v) is 9.83. The van der Waals surface area contributed by atoms with Gasteiger partial charge in [-0.2, -0.15) is 0 Å². The van der Waals surface area contributed by atoms with E-state index in [1.54, 1.807) is 17.0 Å². The number of hydrogen-bond donors (Lipinski definition) is 1. The molecule has 0 atom stereocenters. The van der Waals surface area contributed by atoms with Crippen LogP contribution in [0.5, 0.6) is 0 Å². The molecule has 2 aliphatic heterocycles. The zero-order chi connectivity index (χ0) is 18.5. The number of amides is 1. The largest absolute Gasteiger partial charge is 0.444 e. The highest BCUT2D eigenvalue weighted by Crippen LogP contribution is 2.41. The Bertz CT molecular complexity index is 771. The Balaban J connectivity index is 1.53. The maximum Gasteiger partial charge on any atom is 0.410 e. The van der Waals surface area contributed by atoms with Gasteiger partial charge in [-0.05, 0) is 32.4 Å². The van der Waals surface area contributed by atoms with Crippen LogP contribution in [0.25, 0.3) is 0 Å². The second kappa shape index (κ2) is 5.96. The standard InChI is InChI=1S/C17H25N3O4S/c1-16(2,3)24-15(21)20-11-17(12-20)9-19(10-17)8-13-6-4-5-7-14(13)25(18,22)23/h4-7H,8-12H2,1-3H3,(H2,18,22,23). The summed E-state index contributed by atoms with van der Waals surface area (Å²) in [5.74, 6) is 0. The second-order valence-electron chi connectivity index (χ2n) is 8.13. The van der Waals surface area contributed by atoms with E-state index in [-0.39, 0.29) is 16.4 Å². The van der Waals surface area contributed by atoms with E-state index in [1.807, 2.05) is 26.8 Å². The van der Waals surface area contributed by atoms with Crippen LogP contribution in [0.1, 0.15) is 26.3 Å². The Morgan fingerprint density at radius 3 is 2.36 bits per heavy atom. The number of hydrogen-bond acceptors (Lipinski definition) is 5. The van der Waals surface area contributed by atoms with E-state index in [0.717, 1.165) is 13.1 Å². The van der Waals surface area contributed by atoms with E-state index in [1.165, 1.54) is 6.07 Å². The van der Waals surface area contributed by atoms with Gasteiger partial charge in [-0.15, -0.1) is 0 Å². The van der Waals surface area contributed by atoms with Gasteiger partial charge in [-0.25, -0.2) is 18.4 Å². The summed E-state index contributed by atoms with van der Waals surface area (Å²) in [6, 6.07) is 6.81. The molecule has 7 nitrogen and oxygen atoms in total. The Labute approximate surface area is 148 Å². The Hall–Kier alpha value is -1.64. The summed E-state index contributed by atoms with van der Waals surface area (Å²) in [7, 11) is -3.72. The van der Waals surface area contributed by atoms with Crippen molar-refractivity contribution in [1.29, 1.82) is 0 Å². The molecule has 0 saturated carbocycles. The molecule has 138 valence electrons. The van der Waals surface area contributed by atoms with Gasteiger partial charge in [0.1, 0.15) is 5.60 Å². The van der Waals surface area contributed by atoms with Crippen LogP contribution >= 0.6 is 0 Å². The molecular weight excluding hydrogens is 342 g/mol. The van der Waals surface area contributed by atoms with Gasteiger partial charge in [0.15, 0.2) is 0 Å². The van der Waals surface area contributed by atoms with Crippen LogP contribution in [-0.2, 0) is 21.3 Å². The molecule has 0 unspecified atom stereocenters. The molecule has 2 N–H and O–H groups in total. The number of carbonyl (C=O) groups excluding carboxylic acids is 1. The fraction of sp³-hybridized carbons (Fsp3) is 0.588. The van der Waals surface area contributed by atoms with Crippen molar-refractivity contribution in [2.45, 2.75) is 37.8 Å². The van der Waals surface area contributed by atoms with Crippen LogP contribution in [0.4, 0.5) is 4.79 Å². The molecule has 0 aliphatic carbocycles. The van der Waals surface area contributed by atoms with Crippen molar-refractivity contribution in [2.24, 2.45) is 10.6 Å². The van der Waals surface area contributed by atoms with E-state index >= 15 is 0 Å². The summed E-state index contributed by atoms with van der Waals surface area (Å²) >= 11 is 0. The predicted molar refractivity (Wildman–Crippen MR) is 93.3 cm³/mol. The summed E-state index contributed by atoms with van der Waals surface area (Å²) in [5.41, 5.74) is 0.347. The van der Waals surface area contributed by atoms with E-state index < -0.39 is 15.6 Å². The lowest BCUT2D eigenvalue weighted by molar-refractivity contribution is -0.115. The highest BCUT2D eigenvalue weighted by molar-refractivity contribution is 7.89. The third-order valence-corrected chi connectivity index (χ3v) is 5.51. The van der Waals surface area contributed by atoms with Crippen LogP contribution in [0.15, 0.2) is 29.2 Å². The Morgan fingerprint density at radius 2 is 1.80 bits per heavy atom. The molecule has 2 saturated heterocycles. The first-order valence-electron chi connectivity index (χ1n) is 8.29. The van der Waals surface area contributed by atoms with Gasteiger partial charge in [0.2, 0.25) is 10.0 Å². The van der Waals surface area contributed by atoms with E-state index in [0.29, 0.717) is 25.2 Å². The third kappa shape index (κ3) is 3.96. The summed E-state index contributed by atoms with van der Waals surface area (Å²) in [5, 5.41) is 5.28. The van der Waals surface area contributed by atoms with Crippen molar-refractivity contribution >= 4 is 16.1 Å². The van der Waals surface area contributed by atoms with Gasteiger partial charge >= 0.3 is 6.09 Å². The molecule has 0 radical (unpaired) electrons. The quantitative estimate of drug-likeness (QED) is 0.871. The molecule has 3 rings (SSSR count). The zero-order valence-corrected chi connectivity index (χ0v) is 15.7. The minimum atomic E-state index is -3.72. The number of rotatable bonds is 3. The number of sulfonamides is 1. The van der Waals surface area contributed by atoms with Crippen molar-refractivity contribution in [3.05, 3.63) is 29.8 Å². The maximum absolute atomic E-state index is 12.0. The fourth-order valence-corrected chi connectivity index (χ4v) is 4.35. The normalized spacial score (nSPS) is 20.1. The maximum atomic E-state index is 12.0. The SMILES string of the molecule is CC(C)(C)OC(=O)N1CC2(CN(Cc3ccccc3S(N)(=O)=O)C2)C1. The number of nitrogens with two attached hydrogens (primary N) is 1. The number of likely N-dealkylation sites (tertiary alicyclic amines) is 2. The first-order chi connectivity index (χ1) is 11.5. The second-order valence-corrected chi connectivity index (χ2v) is 9.66. The molecule has 0 bridgehead atoms. The van der Waals surface area contributed by atoms with Crippen molar-refractivity contribution in [1.82, 2.24) is 9.80 Å². The molecule has 1 amide bonds. The third-order valence-electron chi connectivity index (χ3n) is 4.50. The number of ether oxygens (including phenoxy) is 1. The van der Waals surface area contributed by atoms with Crippen LogP contribution in [0.2, 0.25) is 0 Å². The molecule has 8 heteroatoms. The molecule has 25 heavy (non-hydrogen) atoms. The van der Waals surface area contributed by atoms with Crippen LogP contribution < -0.4 is 5.14 Å². The van der Waals surface area contributed by atoms with Crippen molar-refractivity contribution in [3.63, 3.8) is 0 Å². The molecule has 2 fully saturated rings. The molecule has 1 spiro atoms. The monoisotopic (exact) mass is 367 g/mol. The van der Waals surface area contributed by atoms with E-state index in [2.05, 4.69) is 4.90 Å². The Kier molecular flexibility index (Phi) is 4.33. The topological polar surface area (TPSA) is 92.9 Å². The smallest absolute Gasteiger partial charge is 0.410 e. The van der Waals surface area contributed by atoms with Gasteiger partial charge in [-0.3, -0.25) is 4.90 Å². The molecule has 1 aromatic carbocycles. The van der Waals surface area contributed by atoms with Gasteiger partial charge < -0.3 is 9.64 Å². The number of benzene rings is 1. The molecule has 2 aliphatic rings. The molecule has 0 aromatic heterocycles. The van der Waals surface area contributed by atoms with E-state index in [9.17, 15) is 13.2 Å². The number of nitrogens with zero attached hydrogens (tertiary/aromatic N) is 2. The minimum Gasteiger partial charge on any atom is -0.444 e.